The number of rotatable bonds is 24. The van der Waals surface area contributed by atoms with E-state index in [1.165, 1.54) is 74.5 Å². The Hall–Kier alpha value is -2.03. The molecular weight excluding hydrogens is 547 g/mol. The summed E-state index contributed by atoms with van der Waals surface area (Å²) in [6.07, 6.45) is 14.0. The van der Waals surface area contributed by atoms with E-state index in [1.54, 1.807) is 0 Å². The van der Waals surface area contributed by atoms with Gasteiger partial charge in [0.15, 0.2) is 0 Å². The van der Waals surface area contributed by atoms with Gasteiger partial charge in [-0.15, -0.1) is 0 Å². The lowest BCUT2D eigenvalue weighted by Gasteiger charge is -2.17. The molecule has 43 heavy (non-hydrogen) atoms. The van der Waals surface area contributed by atoms with Gasteiger partial charge < -0.3 is 13.6 Å². The molecular formula is C39H57O3P. The molecule has 3 nitrogen and oxygen atoms in total. The molecule has 236 valence electrons. The fourth-order valence-corrected chi connectivity index (χ4v) is 6.62. The van der Waals surface area contributed by atoms with E-state index in [1.807, 2.05) is 0 Å². The zero-order chi connectivity index (χ0) is 30.4. The van der Waals surface area contributed by atoms with E-state index >= 15 is 0 Å². The summed E-state index contributed by atoms with van der Waals surface area (Å²) in [7, 11) is -1.27. The lowest BCUT2D eigenvalue weighted by Crippen LogP contribution is -2.01. The van der Waals surface area contributed by atoms with Crippen molar-refractivity contribution in [3.8, 4) is 0 Å². The summed E-state index contributed by atoms with van der Waals surface area (Å²) in [5.74, 6) is 1.83. The molecule has 0 N–H and O–H groups in total. The SMILES string of the molecule is CC(CCCCCOP(OCCCCCC(C)c1ccccc1)OCCCCCC(C)c1ccccc1)c1ccccc1. The molecule has 3 aromatic rings. The van der Waals surface area contributed by atoms with Crippen LogP contribution in [-0.2, 0) is 13.6 Å². The smallest absolute Gasteiger partial charge is 0.312 e. The third-order valence-corrected chi connectivity index (χ3v) is 9.72. The summed E-state index contributed by atoms with van der Waals surface area (Å²) in [6.45, 7) is 9.14. The Kier molecular flexibility index (Phi) is 18.5. The quantitative estimate of drug-likeness (QED) is 0.0752. The third kappa shape index (κ3) is 15.5. The molecule has 0 heterocycles. The topological polar surface area (TPSA) is 27.7 Å². The van der Waals surface area contributed by atoms with Crippen LogP contribution in [0.4, 0.5) is 0 Å². The maximum absolute atomic E-state index is 6.16. The minimum absolute atomic E-state index is 0.609. The first-order chi connectivity index (χ1) is 21.1. The van der Waals surface area contributed by atoms with Crippen LogP contribution in [0.1, 0.15) is 132 Å². The van der Waals surface area contributed by atoms with E-state index in [9.17, 15) is 0 Å². The number of benzene rings is 3. The Morgan fingerprint density at radius 1 is 0.395 bits per heavy atom. The standard InChI is InChI=1S/C39H57O3P/c1-34(37-25-13-4-14-26-37)22-10-7-19-31-40-43(41-32-20-8-11-23-35(2)38-27-15-5-16-28-38)42-33-21-9-12-24-36(3)39-29-17-6-18-30-39/h4-6,13-18,25-30,34-36H,7-12,19-24,31-33H2,1-3H3. The monoisotopic (exact) mass is 604 g/mol. The Morgan fingerprint density at radius 3 is 0.953 bits per heavy atom. The molecule has 0 aliphatic heterocycles. The van der Waals surface area contributed by atoms with Crippen molar-refractivity contribution in [2.45, 2.75) is 116 Å². The van der Waals surface area contributed by atoms with Gasteiger partial charge in [-0.1, -0.05) is 150 Å². The average Bonchev–Trinajstić information content (AvgIpc) is 3.06. The van der Waals surface area contributed by atoms with Gasteiger partial charge in [0, 0.05) is 0 Å². The van der Waals surface area contributed by atoms with E-state index < -0.39 is 8.60 Å². The van der Waals surface area contributed by atoms with Crippen molar-refractivity contribution < 1.29 is 13.6 Å². The maximum Gasteiger partial charge on any atom is 0.332 e. The first kappa shape index (κ1) is 35.4. The molecule has 4 heteroatoms. The lowest BCUT2D eigenvalue weighted by atomic mass is 9.95. The summed E-state index contributed by atoms with van der Waals surface area (Å²) >= 11 is 0. The Balaban J connectivity index is 1.29. The summed E-state index contributed by atoms with van der Waals surface area (Å²) < 4.78 is 18.5. The number of unbranched alkanes of at least 4 members (excludes halogenated alkanes) is 6. The molecule has 3 aromatic carbocycles. The minimum atomic E-state index is -1.27. The van der Waals surface area contributed by atoms with Gasteiger partial charge in [-0.05, 0) is 73.0 Å². The van der Waals surface area contributed by atoms with Gasteiger partial charge in [0.05, 0.1) is 19.8 Å². The molecule has 0 aromatic heterocycles. The molecule has 0 fully saturated rings. The van der Waals surface area contributed by atoms with Gasteiger partial charge in [-0.3, -0.25) is 0 Å². The highest BCUT2D eigenvalue weighted by Crippen LogP contribution is 2.40. The highest BCUT2D eigenvalue weighted by atomic mass is 31.2. The minimum Gasteiger partial charge on any atom is -0.312 e. The maximum atomic E-state index is 6.16. The Bertz CT molecular complexity index is 909. The number of hydrogen-bond donors (Lipinski definition) is 0. The van der Waals surface area contributed by atoms with E-state index in [-0.39, 0.29) is 0 Å². The van der Waals surface area contributed by atoms with Crippen molar-refractivity contribution in [2.24, 2.45) is 0 Å². The fraction of sp³-hybridized carbons (Fsp3) is 0.538. The van der Waals surface area contributed by atoms with Crippen LogP contribution in [0, 0.1) is 0 Å². The summed E-state index contributed by atoms with van der Waals surface area (Å²) in [5, 5.41) is 0. The second-order valence-corrected chi connectivity index (χ2v) is 13.4. The molecule has 0 aliphatic carbocycles. The summed E-state index contributed by atoms with van der Waals surface area (Å²) in [6, 6.07) is 32.5. The van der Waals surface area contributed by atoms with Crippen LogP contribution in [0.3, 0.4) is 0 Å². The molecule has 3 atom stereocenters. The van der Waals surface area contributed by atoms with Crippen LogP contribution in [0.2, 0.25) is 0 Å². The lowest BCUT2D eigenvalue weighted by molar-refractivity contribution is 0.153. The second-order valence-electron chi connectivity index (χ2n) is 12.2. The van der Waals surface area contributed by atoms with Crippen molar-refractivity contribution in [1.82, 2.24) is 0 Å². The predicted octanol–water partition coefficient (Wildman–Crippen LogP) is 12.4. The molecule has 0 saturated heterocycles. The van der Waals surface area contributed by atoms with E-state index in [0.717, 1.165) is 19.3 Å². The van der Waals surface area contributed by atoms with Crippen molar-refractivity contribution in [3.63, 3.8) is 0 Å². The molecule has 3 rings (SSSR count). The van der Waals surface area contributed by atoms with Crippen LogP contribution < -0.4 is 0 Å². The van der Waals surface area contributed by atoms with Gasteiger partial charge in [-0.25, -0.2) is 0 Å². The molecule has 3 unspecified atom stereocenters. The summed E-state index contributed by atoms with van der Waals surface area (Å²) in [4.78, 5) is 0. The van der Waals surface area contributed by atoms with Crippen molar-refractivity contribution in [1.29, 1.82) is 0 Å². The first-order valence-electron chi connectivity index (χ1n) is 17.0. The van der Waals surface area contributed by atoms with Crippen LogP contribution in [0.15, 0.2) is 91.0 Å². The van der Waals surface area contributed by atoms with Crippen LogP contribution >= 0.6 is 8.60 Å². The van der Waals surface area contributed by atoms with Gasteiger partial charge in [-0.2, -0.15) is 0 Å². The molecule has 0 spiro atoms. The van der Waals surface area contributed by atoms with Crippen molar-refractivity contribution in [3.05, 3.63) is 108 Å². The highest BCUT2D eigenvalue weighted by molar-refractivity contribution is 7.41. The van der Waals surface area contributed by atoms with Crippen LogP contribution in [0.25, 0.3) is 0 Å². The average molecular weight is 605 g/mol. The second kappa shape index (κ2) is 22.5. The first-order valence-corrected chi connectivity index (χ1v) is 18.1. The van der Waals surface area contributed by atoms with Gasteiger partial charge in [0.2, 0.25) is 0 Å². The normalized spacial score (nSPS) is 14.3. The van der Waals surface area contributed by atoms with E-state index in [4.69, 9.17) is 13.6 Å². The van der Waals surface area contributed by atoms with Crippen molar-refractivity contribution in [2.75, 3.05) is 19.8 Å². The summed E-state index contributed by atoms with van der Waals surface area (Å²) in [5.41, 5.74) is 4.31. The molecule has 0 saturated carbocycles. The largest absolute Gasteiger partial charge is 0.332 e. The van der Waals surface area contributed by atoms with Crippen molar-refractivity contribution >= 4 is 8.60 Å². The molecule has 0 radical (unpaired) electrons. The zero-order valence-corrected chi connectivity index (χ0v) is 28.1. The van der Waals surface area contributed by atoms with Gasteiger partial charge >= 0.3 is 8.60 Å². The predicted molar refractivity (Wildman–Crippen MR) is 185 cm³/mol. The molecule has 0 aliphatic rings. The van der Waals surface area contributed by atoms with E-state index in [0.29, 0.717) is 37.6 Å². The van der Waals surface area contributed by atoms with Crippen LogP contribution in [-0.4, -0.2) is 19.8 Å². The molecule has 0 amide bonds. The zero-order valence-electron chi connectivity index (χ0n) is 27.2. The van der Waals surface area contributed by atoms with Crippen LogP contribution in [0.5, 0.6) is 0 Å². The van der Waals surface area contributed by atoms with Gasteiger partial charge in [0.1, 0.15) is 0 Å². The Morgan fingerprint density at radius 2 is 0.674 bits per heavy atom. The number of hydrogen-bond acceptors (Lipinski definition) is 3. The third-order valence-electron chi connectivity index (χ3n) is 8.54. The highest BCUT2D eigenvalue weighted by Gasteiger charge is 2.13. The Labute approximate surface area is 264 Å². The molecule has 0 bridgehead atoms. The van der Waals surface area contributed by atoms with Gasteiger partial charge in [0.25, 0.3) is 0 Å². The van der Waals surface area contributed by atoms with E-state index in [2.05, 4.69) is 112 Å². The fourth-order valence-electron chi connectivity index (χ4n) is 5.56.